The van der Waals surface area contributed by atoms with Crippen molar-refractivity contribution in [3.05, 3.63) is 42.2 Å². The molecule has 0 fully saturated rings. The summed E-state index contributed by atoms with van der Waals surface area (Å²) in [4.78, 5) is 9.31. The molecule has 1 aromatic carbocycles. The normalized spacial score (nSPS) is 11.6. The molecule has 0 saturated carbocycles. The molecule has 0 amide bonds. The first kappa shape index (κ1) is 15.7. The van der Waals surface area contributed by atoms with Crippen LogP contribution < -0.4 is 0 Å². The van der Waals surface area contributed by atoms with Gasteiger partial charge in [0.05, 0.1) is 16.7 Å². The molecule has 0 bridgehead atoms. The van der Waals surface area contributed by atoms with Crippen molar-refractivity contribution in [2.24, 2.45) is 0 Å². The van der Waals surface area contributed by atoms with E-state index >= 15 is 0 Å². The van der Waals surface area contributed by atoms with Gasteiger partial charge < -0.3 is 4.43 Å². The van der Waals surface area contributed by atoms with E-state index in [1.165, 1.54) is 0 Å². The minimum absolute atomic E-state index is 0.683. The number of para-hydroxylation sites is 2. The number of fused-ring (bicyclic) bond motifs is 1. The van der Waals surface area contributed by atoms with E-state index in [1.807, 2.05) is 31.2 Å². The lowest BCUT2D eigenvalue weighted by molar-refractivity contribution is 0.489. The highest BCUT2D eigenvalue weighted by atomic mass is 28.4. The number of hydrogen-bond donors (Lipinski definition) is 0. The summed E-state index contributed by atoms with van der Waals surface area (Å²) >= 11 is 0. The van der Waals surface area contributed by atoms with E-state index < -0.39 is 8.32 Å². The molecule has 21 heavy (non-hydrogen) atoms. The number of benzene rings is 1. The molecule has 2 aromatic rings. The van der Waals surface area contributed by atoms with Crippen molar-refractivity contribution in [1.82, 2.24) is 9.97 Å². The van der Waals surface area contributed by atoms with Gasteiger partial charge in [-0.25, -0.2) is 9.97 Å². The molecule has 0 spiro atoms. The Balaban J connectivity index is 2.37. The SMILES string of the molecule is C=C(O[Si](CC)(CC)CC)c1nc2ccccc2nc1C. The molecule has 3 nitrogen and oxygen atoms in total. The van der Waals surface area contributed by atoms with Gasteiger partial charge in [0.1, 0.15) is 11.5 Å². The zero-order chi connectivity index (χ0) is 15.5. The highest BCUT2D eigenvalue weighted by Gasteiger charge is 2.31. The summed E-state index contributed by atoms with van der Waals surface area (Å²) < 4.78 is 6.34. The van der Waals surface area contributed by atoms with E-state index in [2.05, 4.69) is 32.3 Å². The van der Waals surface area contributed by atoms with Crippen LogP contribution in [-0.2, 0) is 4.43 Å². The lowest BCUT2D eigenvalue weighted by Crippen LogP contribution is -2.35. The molecule has 0 atom stereocenters. The first-order valence-electron chi connectivity index (χ1n) is 7.67. The molecule has 112 valence electrons. The predicted molar refractivity (Wildman–Crippen MR) is 91.6 cm³/mol. The molecular weight excluding hydrogens is 276 g/mol. The molecule has 1 aromatic heterocycles. The summed E-state index contributed by atoms with van der Waals surface area (Å²) in [5, 5.41) is 0. The lowest BCUT2D eigenvalue weighted by Gasteiger charge is -2.30. The average molecular weight is 300 g/mol. The Labute approximate surface area is 128 Å². The third kappa shape index (κ3) is 3.15. The highest BCUT2D eigenvalue weighted by molar-refractivity contribution is 6.74. The summed E-state index contributed by atoms with van der Waals surface area (Å²) in [6.07, 6.45) is 0. The van der Waals surface area contributed by atoms with Crippen molar-refractivity contribution >= 4 is 25.1 Å². The number of rotatable bonds is 6. The Morgan fingerprint density at radius 1 is 1.05 bits per heavy atom. The van der Waals surface area contributed by atoms with Gasteiger partial charge in [-0.15, -0.1) is 0 Å². The zero-order valence-corrected chi connectivity index (χ0v) is 14.4. The van der Waals surface area contributed by atoms with Crippen molar-refractivity contribution in [3.63, 3.8) is 0 Å². The van der Waals surface area contributed by atoms with Crippen LogP contribution in [0.15, 0.2) is 30.8 Å². The van der Waals surface area contributed by atoms with Crippen LogP contribution in [0.5, 0.6) is 0 Å². The molecule has 0 radical (unpaired) electrons. The van der Waals surface area contributed by atoms with Gasteiger partial charge >= 0.3 is 0 Å². The fourth-order valence-electron chi connectivity index (χ4n) is 2.63. The van der Waals surface area contributed by atoms with E-state index in [-0.39, 0.29) is 0 Å². The number of aryl methyl sites for hydroxylation is 1. The van der Waals surface area contributed by atoms with Crippen LogP contribution in [0.2, 0.25) is 18.1 Å². The Hall–Kier alpha value is -1.68. The van der Waals surface area contributed by atoms with Crippen molar-refractivity contribution < 1.29 is 4.43 Å². The van der Waals surface area contributed by atoms with Gasteiger partial charge in [0.2, 0.25) is 0 Å². The molecular formula is C17H24N2OSi. The van der Waals surface area contributed by atoms with E-state index in [0.717, 1.165) is 40.6 Å². The van der Waals surface area contributed by atoms with E-state index in [9.17, 15) is 0 Å². The van der Waals surface area contributed by atoms with Gasteiger partial charge in [0, 0.05) is 0 Å². The van der Waals surface area contributed by atoms with Crippen LogP contribution in [0.3, 0.4) is 0 Å². The smallest absolute Gasteiger partial charge is 0.250 e. The van der Waals surface area contributed by atoms with Gasteiger partial charge in [0.25, 0.3) is 8.32 Å². The summed E-state index contributed by atoms with van der Waals surface area (Å²) in [7, 11) is -1.72. The number of nitrogens with zero attached hydrogens (tertiary/aromatic N) is 2. The Morgan fingerprint density at radius 3 is 2.10 bits per heavy atom. The van der Waals surface area contributed by atoms with Crippen LogP contribution in [0, 0.1) is 6.92 Å². The number of aromatic nitrogens is 2. The van der Waals surface area contributed by atoms with Crippen molar-refractivity contribution in [2.45, 2.75) is 45.8 Å². The second-order valence-electron chi connectivity index (χ2n) is 5.42. The lowest BCUT2D eigenvalue weighted by atomic mass is 10.2. The second-order valence-corrected chi connectivity index (χ2v) is 10.1. The van der Waals surface area contributed by atoms with E-state index in [1.54, 1.807) is 0 Å². The Kier molecular flexibility index (Phi) is 4.78. The van der Waals surface area contributed by atoms with Crippen molar-refractivity contribution in [1.29, 1.82) is 0 Å². The average Bonchev–Trinajstić information content (AvgIpc) is 2.52. The van der Waals surface area contributed by atoms with Gasteiger partial charge in [0.15, 0.2) is 0 Å². The van der Waals surface area contributed by atoms with Crippen molar-refractivity contribution in [3.8, 4) is 0 Å². The molecule has 0 aliphatic carbocycles. The molecule has 0 aliphatic heterocycles. The minimum atomic E-state index is -1.72. The quantitative estimate of drug-likeness (QED) is 0.560. The molecule has 0 saturated heterocycles. The summed E-state index contributed by atoms with van der Waals surface area (Å²) in [6.45, 7) is 12.7. The van der Waals surface area contributed by atoms with Crippen LogP contribution in [0.4, 0.5) is 0 Å². The van der Waals surface area contributed by atoms with E-state index in [4.69, 9.17) is 9.41 Å². The monoisotopic (exact) mass is 300 g/mol. The van der Waals surface area contributed by atoms with Gasteiger partial charge in [-0.05, 0) is 37.2 Å². The predicted octanol–water partition coefficient (Wildman–Crippen LogP) is 4.93. The highest BCUT2D eigenvalue weighted by Crippen LogP contribution is 2.29. The Morgan fingerprint density at radius 2 is 1.57 bits per heavy atom. The van der Waals surface area contributed by atoms with Crippen LogP contribution in [0.1, 0.15) is 32.2 Å². The minimum Gasteiger partial charge on any atom is -0.542 e. The molecule has 4 heteroatoms. The maximum absolute atomic E-state index is 6.34. The summed E-state index contributed by atoms with van der Waals surface area (Å²) in [5.74, 6) is 0.683. The summed E-state index contributed by atoms with van der Waals surface area (Å²) in [5.41, 5.74) is 3.47. The van der Waals surface area contributed by atoms with Crippen molar-refractivity contribution in [2.75, 3.05) is 0 Å². The third-order valence-corrected chi connectivity index (χ3v) is 8.83. The molecule has 0 unspecified atom stereocenters. The van der Waals surface area contributed by atoms with Crippen LogP contribution in [-0.4, -0.2) is 18.3 Å². The van der Waals surface area contributed by atoms with E-state index in [0.29, 0.717) is 5.76 Å². The molecule has 0 N–H and O–H groups in total. The van der Waals surface area contributed by atoms with Crippen LogP contribution >= 0.6 is 0 Å². The number of hydrogen-bond acceptors (Lipinski definition) is 3. The fraction of sp³-hybridized carbons (Fsp3) is 0.412. The van der Waals surface area contributed by atoms with Gasteiger partial charge in [-0.2, -0.15) is 0 Å². The topological polar surface area (TPSA) is 35.0 Å². The fourth-order valence-corrected chi connectivity index (χ4v) is 5.18. The zero-order valence-electron chi connectivity index (χ0n) is 13.4. The summed E-state index contributed by atoms with van der Waals surface area (Å²) in [6, 6.07) is 11.2. The third-order valence-electron chi connectivity index (χ3n) is 4.28. The largest absolute Gasteiger partial charge is 0.542 e. The van der Waals surface area contributed by atoms with Gasteiger partial charge in [-0.3, -0.25) is 0 Å². The first-order chi connectivity index (χ1) is 10.0. The first-order valence-corrected chi connectivity index (χ1v) is 10.2. The van der Waals surface area contributed by atoms with Crippen LogP contribution in [0.25, 0.3) is 16.8 Å². The van der Waals surface area contributed by atoms with Gasteiger partial charge in [-0.1, -0.05) is 39.5 Å². The maximum Gasteiger partial charge on any atom is 0.250 e. The second kappa shape index (κ2) is 6.39. The molecule has 2 rings (SSSR count). The molecule has 0 aliphatic rings. The maximum atomic E-state index is 6.34. The molecule has 1 heterocycles. The standard InChI is InChI=1S/C17H24N2OSi/c1-6-21(7-2,8-3)20-14(5)17-13(4)18-15-11-9-10-12-16(15)19-17/h9-12H,5-8H2,1-4H3. The Bertz CT molecular complexity index is 642.